The number of hydrogen-bond acceptors (Lipinski definition) is 3. The van der Waals surface area contributed by atoms with Crippen LogP contribution < -0.4 is 21.1 Å². The number of carbonyl (C=O) groups is 1. The molecule has 0 aliphatic rings. The number of alkyl halides is 3. The minimum absolute atomic E-state index is 0. The van der Waals surface area contributed by atoms with E-state index in [-0.39, 0.29) is 48.1 Å². The second-order valence-corrected chi connectivity index (χ2v) is 6.02. The minimum Gasteiger partial charge on any atom is -0.406 e. The van der Waals surface area contributed by atoms with E-state index < -0.39 is 6.36 Å². The van der Waals surface area contributed by atoms with Crippen molar-refractivity contribution in [2.75, 3.05) is 13.1 Å². The fraction of sp³-hybridized carbons (Fsp3) is 0.222. The third-order valence-electron chi connectivity index (χ3n) is 3.41. The van der Waals surface area contributed by atoms with Crippen LogP contribution in [0.1, 0.15) is 15.9 Å². The van der Waals surface area contributed by atoms with Crippen LogP contribution in [-0.2, 0) is 6.54 Å². The van der Waals surface area contributed by atoms with Gasteiger partial charge in [-0.3, -0.25) is 4.79 Å². The zero-order valence-electron chi connectivity index (χ0n) is 15.0. The molecule has 0 aliphatic carbocycles. The van der Waals surface area contributed by atoms with Crippen LogP contribution in [0.4, 0.5) is 13.2 Å². The molecular formula is C18H19ClF3IN4O2. The Morgan fingerprint density at radius 1 is 1.03 bits per heavy atom. The van der Waals surface area contributed by atoms with Gasteiger partial charge in [-0.05, 0) is 42.0 Å². The van der Waals surface area contributed by atoms with Gasteiger partial charge in [-0.25, -0.2) is 4.99 Å². The maximum atomic E-state index is 12.1. The van der Waals surface area contributed by atoms with E-state index in [1.54, 1.807) is 24.3 Å². The molecule has 2 aromatic carbocycles. The molecule has 2 rings (SSSR count). The molecule has 0 fully saturated rings. The number of rotatable bonds is 7. The number of nitrogens with two attached hydrogens (primary N) is 1. The van der Waals surface area contributed by atoms with Crippen LogP contribution >= 0.6 is 35.6 Å². The molecule has 0 spiro atoms. The van der Waals surface area contributed by atoms with Crippen LogP contribution in [0.15, 0.2) is 53.5 Å². The Labute approximate surface area is 187 Å². The largest absolute Gasteiger partial charge is 0.573 e. The standard InChI is InChI=1S/C18H18ClF3N4O2.HI/c19-14-5-3-13(4-6-14)16(27)24-9-10-25-17(23)26-11-12-1-7-15(8-2-12)28-18(20,21)22;/h1-8H,9-11H2,(H,24,27)(H3,23,25,26);1H. The van der Waals surface area contributed by atoms with Crippen molar-refractivity contribution in [1.82, 2.24) is 10.6 Å². The van der Waals surface area contributed by atoms with Crippen molar-refractivity contribution in [3.05, 3.63) is 64.7 Å². The van der Waals surface area contributed by atoms with E-state index >= 15 is 0 Å². The van der Waals surface area contributed by atoms with Gasteiger partial charge in [0.2, 0.25) is 0 Å². The van der Waals surface area contributed by atoms with Crippen LogP contribution in [0, 0.1) is 0 Å². The van der Waals surface area contributed by atoms with Gasteiger partial charge in [-0.2, -0.15) is 0 Å². The average Bonchev–Trinajstić information content (AvgIpc) is 2.64. The number of hydrogen-bond donors (Lipinski definition) is 3. The number of ether oxygens (including phenoxy) is 1. The van der Waals surface area contributed by atoms with Crippen LogP contribution in [0.3, 0.4) is 0 Å². The lowest BCUT2D eigenvalue weighted by Crippen LogP contribution is -2.38. The maximum Gasteiger partial charge on any atom is 0.573 e. The third-order valence-corrected chi connectivity index (χ3v) is 3.66. The average molecular weight is 543 g/mol. The highest BCUT2D eigenvalue weighted by Gasteiger charge is 2.30. The lowest BCUT2D eigenvalue weighted by atomic mass is 10.2. The first-order chi connectivity index (χ1) is 13.2. The Kier molecular flexibility index (Phi) is 10.0. The van der Waals surface area contributed by atoms with Gasteiger partial charge < -0.3 is 21.1 Å². The Morgan fingerprint density at radius 3 is 2.21 bits per heavy atom. The molecule has 11 heteroatoms. The minimum atomic E-state index is -4.73. The molecule has 0 bridgehead atoms. The second-order valence-electron chi connectivity index (χ2n) is 5.58. The topological polar surface area (TPSA) is 88.7 Å². The smallest absolute Gasteiger partial charge is 0.406 e. The van der Waals surface area contributed by atoms with Gasteiger partial charge in [-0.15, -0.1) is 37.1 Å². The summed E-state index contributed by atoms with van der Waals surface area (Å²) in [4.78, 5) is 16.0. The van der Waals surface area contributed by atoms with Gasteiger partial charge in [0.05, 0.1) is 6.54 Å². The number of benzene rings is 2. The highest BCUT2D eigenvalue weighted by atomic mass is 127. The van der Waals surface area contributed by atoms with Crippen molar-refractivity contribution in [1.29, 1.82) is 0 Å². The summed E-state index contributed by atoms with van der Waals surface area (Å²) < 4.78 is 40.1. The number of nitrogens with one attached hydrogen (secondary N) is 2. The van der Waals surface area contributed by atoms with E-state index in [1.807, 2.05) is 0 Å². The van der Waals surface area contributed by atoms with Gasteiger partial charge in [0.1, 0.15) is 5.75 Å². The van der Waals surface area contributed by atoms with E-state index in [9.17, 15) is 18.0 Å². The van der Waals surface area contributed by atoms with Crippen LogP contribution in [0.5, 0.6) is 5.75 Å². The van der Waals surface area contributed by atoms with Crippen molar-refractivity contribution in [2.24, 2.45) is 10.7 Å². The lowest BCUT2D eigenvalue weighted by molar-refractivity contribution is -0.274. The Balaban J connectivity index is 0.00000420. The molecule has 0 heterocycles. The predicted octanol–water partition coefficient (Wildman–Crippen LogP) is 3.69. The number of halogens is 5. The highest BCUT2D eigenvalue weighted by molar-refractivity contribution is 14.0. The Hall–Kier alpha value is -2.21. The normalized spacial score (nSPS) is 11.4. The molecule has 6 nitrogen and oxygen atoms in total. The number of aliphatic imine (C=N–C) groups is 1. The first kappa shape index (κ1) is 24.8. The van der Waals surface area contributed by atoms with Crippen molar-refractivity contribution in [3.8, 4) is 5.75 Å². The third kappa shape index (κ3) is 9.70. The fourth-order valence-electron chi connectivity index (χ4n) is 2.10. The molecule has 1 amide bonds. The molecule has 0 radical (unpaired) electrons. The molecule has 2 aromatic rings. The summed E-state index contributed by atoms with van der Waals surface area (Å²) in [6.07, 6.45) is -4.73. The summed E-state index contributed by atoms with van der Waals surface area (Å²) in [5.74, 6) is -0.394. The van der Waals surface area contributed by atoms with E-state index in [2.05, 4.69) is 20.4 Å². The molecule has 158 valence electrons. The molecule has 4 N–H and O–H groups in total. The van der Waals surface area contributed by atoms with Crippen LogP contribution in [0.2, 0.25) is 5.02 Å². The summed E-state index contributed by atoms with van der Waals surface area (Å²) in [5, 5.41) is 6.09. The number of guanidine groups is 1. The summed E-state index contributed by atoms with van der Waals surface area (Å²) in [6.45, 7) is 0.858. The Morgan fingerprint density at radius 2 is 1.62 bits per heavy atom. The van der Waals surface area contributed by atoms with E-state index in [0.29, 0.717) is 29.2 Å². The monoisotopic (exact) mass is 542 g/mol. The summed E-state index contributed by atoms with van der Waals surface area (Å²) in [5.41, 5.74) is 6.87. The molecule has 29 heavy (non-hydrogen) atoms. The molecule has 0 aliphatic heterocycles. The molecule has 0 atom stereocenters. The number of amides is 1. The first-order valence-electron chi connectivity index (χ1n) is 8.15. The summed E-state index contributed by atoms with van der Waals surface area (Å²) in [7, 11) is 0. The highest BCUT2D eigenvalue weighted by Crippen LogP contribution is 2.22. The first-order valence-corrected chi connectivity index (χ1v) is 8.53. The van der Waals surface area contributed by atoms with Gasteiger partial charge in [0.15, 0.2) is 5.96 Å². The number of nitrogens with zero attached hydrogens (tertiary/aromatic N) is 1. The maximum absolute atomic E-state index is 12.1. The van der Waals surface area contributed by atoms with E-state index in [4.69, 9.17) is 17.3 Å². The van der Waals surface area contributed by atoms with Crippen molar-refractivity contribution in [3.63, 3.8) is 0 Å². The fourth-order valence-corrected chi connectivity index (χ4v) is 2.22. The summed E-state index contributed by atoms with van der Waals surface area (Å²) in [6, 6.07) is 11.8. The molecular weight excluding hydrogens is 524 g/mol. The number of carbonyl (C=O) groups excluding carboxylic acids is 1. The Bertz CT molecular complexity index is 815. The summed E-state index contributed by atoms with van der Waals surface area (Å²) >= 11 is 5.76. The van der Waals surface area contributed by atoms with Crippen molar-refractivity contribution >= 4 is 47.4 Å². The van der Waals surface area contributed by atoms with E-state index in [0.717, 1.165) is 0 Å². The predicted molar refractivity (Wildman–Crippen MR) is 116 cm³/mol. The second kappa shape index (κ2) is 11.7. The van der Waals surface area contributed by atoms with Crippen LogP contribution in [0.25, 0.3) is 0 Å². The van der Waals surface area contributed by atoms with Crippen LogP contribution in [-0.4, -0.2) is 31.3 Å². The van der Waals surface area contributed by atoms with Gasteiger partial charge >= 0.3 is 6.36 Å². The van der Waals surface area contributed by atoms with E-state index in [1.165, 1.54) is 24.3 Å². The van der Waals surface area contributed by atoms with Gasteiger partial charge in [0, 0.05) is 23.7 Å². The SMILES string of the molecule is I.NC(=NCc1ccc(OC(F)(F)F)cc1)NCCNC(=O)c1ccc(Cl)cc1. The molecule has 0 unspecified atom stereocenters. The molecule has 0 aromatic heterocycles. The van der Waals surface area contributed by atoms with Gasteiger partial charge in [-0.1, -0.05) is 23.7 Å². The molecule has 0 saturated carbocycles. The zero-order chi connectivity index (χ0) is 20.6. The zero-order valence-corrected chi connectivity index (χ0v) is 18.1. The van der Waals surface area contributed by atoms with Crippen molar-refractivity contribution < 1.29 is 22.7 Å². The van der Waals surface area contributed by atoms with Crippen molar-refractivity contribution in [2.45, 2.75) is 12.9 Å². The lowest BCUT2D eigenvalue weighted by Gasteiger charge is -2.09. The quantitative estimate of drug-likeness (QED) is 0.216. The molecule has 0 saturated heterocycles. The van der Waals surface area contributed by atoms with Gasteiger partial charge in [0.25, 0.3) is 5.91 Å².